The maximum Gasteiger partial charge on any atom is 0.308 e. The topological polar surface area (TPSA) is 90.9 Å². The largest absolute Gasteiger partial charge is 0.494 e. The third-order valence-electron chi connectivity index (χ3n) is 7.75. The number of methoxy groups -OCH3 is 1. The van der Waals surface area contributed by atoms with Crippen molar-refractivity contribution in [3.8, 4) is 16.9 Å². The van der Waals surface area contributed by atoms with Crippen LogP contribution in [0, 0.1) is 0 Å². The number of sulfone groups is 1. The molecule has 0 aromatic heterocycles. The molecule has 0 radical (unpaired) electrons. The standard InChI is InChI=1S/C32H37NO6S/c1-3-40(35,36)15-5-14-38-27-11-13-28-24(18-27)7-4-6-23-9-8-22(16-30(23)28)20-33-26-10-12-29-25(17-26)21-39-31(29)19-32(34)37-2/h8-13,16-18,31,33H,3-7,14-15,19-21H2,1-2H3/t31-/m0/s1. The van der Waals surface area contributed by atoms with Crippen molar-refractivity contribution in [3.05, 3.63) is 82.4 Å². The normalized spacial score (nSPS) is 15.9. The summed E-state index contributed by atoms with van der Waals surface area (Å²) in [6, 6.07) is 19.1. The van der Waals surface area contributed by atoms with Gasteiger partial charge < -0.3 is 19.5 Å². The van der Waals surface area contributed by atoms with Crippen LogP contribution in [0.1, 0.15) is 60.1 Å². The Morgan fingerprint density at radius 3 is 2.67 bits per heavy atom. The lowest BCUT2D eigenvalue weighted by Gasteiger charge is -2.15. The molecule has 0 spiro atoms. The van der Waals surface area contributed by atoms with Crippen molar-refractivity contribution in [3.63, 3.8) is 0 Å². The van der Waals surface area contributed by atoms with E-state index in [0.717, 1.165) is 41.8 Å². The molecule has 3 aromatic carbocycles. The first kappa shape index (κ1) is 28.2. The van der Waals surface area contributed by atoms with Crippen LogP contribution in [0.3, 0.4) is 0 Å². The number of hydrogen-bond acceptors (Lipinski definition) is 7. The van der Waals surface area contributed by atoms with Crippen molar-refractivity contribution in [2.75, 3.05) is 30.5 Å². The molecule has 1 aliphatic heterocycles. The molecule has 3 aromatic rings. The van der Waals surface area contributed by atoms with Gasteiger partial charge in [0.2, 0.25) is 0 Å². The van der Waals surface area contributed by atoms with E-state index in [-0.39, 0.29) is 30.0 Å². The third kappa shape index (κ3) is 6.67. The van der Waals surface area contributed by atoms with E-state index in [1.54, 1.807) is 6.92 Å². The highest BCUT2D eigenvalue weighted by atomic mass is 32.2. The van der Waals surface area contributed by atoms with Gasteiger partial charge in [0.25, 0.3) is 0 Å². The van der Waals surface area contributed by atoms with Gasteiger partial charge in [0.1, 0.15) is 15.6 Å². The van der Waals surface area contributed by atoms with Crippen molar-refractivity contribution >= 4 is 21.5 Å². The van der Waals surface area contributed by atoms with E-state index in [0.29, 0.717) is 26.2 Å². The molecule has 0 unspecified atom stereocenters. The van der Waals surface area contributed by atoms with Crippen LogP contribution in [0.2, 0.25) is 0 Å². The number of fused-ring (bicyclic) bond motifs is 4. The van der Waals surface area contributed by atoms with Crippen LogP contribution in [0.4, 0.5) is 5.69 Å². The maximum atomic E-state index is 11.7. The molecule has 1 atom stereocenters. The number of carbonyl (C=O) groups excluding carboxylic acids is 1. The summed E-state index contributed by atoms with van der Waals surface area (Å²) < 4.78 is 40.0. The summed E-state index contributed by atoms with van der Waals surface area (Å²) in [6.07, 6.45) is 3.56. The van der Waals surface area contributed by atoms with Gasteiger partial charge >= 0.3 is 5.97 Å². The molecule has 1 heterocycles. The van der Waals surface area contributed by atoms with Crippen molar-refractivity contribution in [2.24, 2.45) is 0 Å². The Balaban J connectivity index is 1.25. The second-order valence-corrected chi connectivity index (χ2v) is 12.9. The summed E-state index contributed by atoms with van der Waals surface area (Å²) in [5.74, 6) is 0.856. The number of anilines is 1. The number of aryl methyl sites for hydroxylation is 2. The summed E-state index contributed by atoms with van der Waals surface area (Å²) in [7, 11) is -1.57. The molecule has 212 valence electrons. The highest BCUT2D eigenvalue weighted by molar-refractivity contribution is 7.91. The Kier molecular flexibility index (Phi) is 8.76. The smallest absolute Gasteiger partial charge is 0.308 e. The number of ether oxygens (including phenoxy) is 3. The molecule has 2 aliphatic rings. The number of rotatable bonds is 11. The van der Waals surface area contributed by atoms with Gasteiger partial charge in [-0.2, -0.15) is 0 Å². The molecular weight excluding hydrogens is 526 g/mol. The fraction of sp³-hybridized carbons (Fsp3) is 0.406. The Labute approximate surface area is 236 Å². The van der Waals surface area contributed by atoms with E-state index in [9.17, 15) is 13.2 Å². The third-order valence-corrected chi connectivity index (χ3v) is 9.54. The minimum Gasteiger partial charge on any atom is -0.494 e. The van der Waals surface area contributed by atoms with E-state index >= 15 is 0 Å². The van der Waals surface area contributed by atoms with Gasteiger partial charge in [-0.1, -0.05) is 31.2 Å². The highest BCUT2D eigenvalue weighted by Crippen LogP contribution is 2.37. The first-order valence-electron chi connectivity index (χ1n) is 14.0. The second kappa shape index (κ2) is 12.4. The fourth-order valence-corrected chi connectivity index (χ4v) is 6.30. The van der Waals surface area contributed by atoms with E-state index in [4.69, 9.17) is 14.2 Å². The number of carbonyl (C=O) groups is 1. The van der Waals surface area contributed by atoms with Gasteiger partial charge in [0.05, 0.1) is 38.6 Å². The number of nitrogens with one attached hydrogen (secondary N) is 1. The SMILES string of the molecule is CCS(=O)(=O)CCCOc1ccc2c(c1)CCCc1ccc(CNc3ccc4c(c3)CO[C@H]4CC(=O)OC)cc1-2. The molecule has 5 rings (SSSR count). The molecule has 1 aliphatic carbocycles. The van der Waals surface area contributed by atoms with Crippen LogP contribution < -0.4 is 10.1 Å². The predicted octanol–water partition coefficient (Wildman–Crippen LogP) is 5.79. The van der Waals surface area contributed by atoms with Gasteiger partial charge in [-0.15, -0.1) is 0 Å². The van der Waals surface area contributed by atoms with Gasteiger partial charge in [0.15, 0.2) is 0 Å². The maximum absolute atomic E-state index is 11.7. The van der Waals surface area contributed by atoms with Gasteiger partial charge in [-0.05, 0) is 95.0 Å². The number of hydrogen-bond donors (Lipinski definition) is 1. The fourth-order valence-electron chi connectivity index (χ4n) is 5.46. The lowest BCUT2D eigenvalue weighted by atomic mass is 9.94. The van der Waals surface area contributed by atoms with Gasteiger partial charge in [-0.25, -0.2) is 8.42 Å². The molecule has 8 heteroatoms. The molecule has 0 saturated heterocycles. The van der Waals surface area contributed by atoms with Crippen LogP contribution in [0.15, 0.2) is 54.6 Å². The molecule has 7 nitrogen and oxygen atoms in total. The quantitative estimate of drug-likeness (QED) is 0.233. The van der Waals surface area contributed by atoms with Crippen LogP contribution in [-0.2, 0) is 50.1 Å². The lowest BCUT2D eigenvalue weighted by Crippen LogP contribution is -2.11. The molecule has 40 heavy (non-hydrogen) atoms. The van der Waals surface area contributed by atoms with Crippen LogP contribution in [0.25, 0.3) is 11.1 Å². The summed E-state index contributed by atoms with van der Waals surface area (Å²) in [4.78, 5) is 11.7. The van der Waals surface area contributed by atoms with Crippen molar-refractivity contribution in [1.29, 1.82) is 0 Å². The average Bonchev–Trinajstić information content (AvgIpc) is 3.26. The zero-order valence-corrected chi connectivity index (χ0v) is 24.0. The van der Waals surface area contributed by atoms with Crippen LogP contribution >= 0.6 is 0 Å². The summed E-state index contributed by atoms with van der Waals surface area (Å²) in [5.41, 5.74) is 9.48. The molecule has 0 bridgehead atoms. The van der Waals surface area contributed by atoms with E-state index < -0.39 is 9.84 Å². The number of benzene rings is 3. The van der Waals surface area contributed by atoms with Gasteiger partial charge in [-0.3, -0.25) is 4.79 Å². The van der Waals surface area contributed by atoms with E-state index in [1.165, 1.54) is 34.9 Å². The average molecular weight is 564 g/mol. The zero-order valence-electron chi connectivity index (χ0n) is 23.2. The predicted molar refractivity (Wildman–Crippen MR) is 156 cm³/mol. The van der Waals surface area contributed by atoms with Crippen molar-refractivity contribution in [2.45, 2.75) is 58.3 Å². The minimum absolute atomic E-state index is 0.160. The van der Waals surface area contributed by atoms with E-state index in [1.807, 2.05) is 18.2 Å². The summed E-state index contributed by atoms with van der Waals surface area (Å²) >= 11 is 0. The highest BCUT2D eigenvalue weighted by Gasteiger charge is 2.26. The lowest BCUT2D eigenvalue weighted by molar-refractivity contribution is -0.143. The van der Waals surface area contributed by atoms with Crippen molar-refractivity contribution in [1.82, 2.24) is 0 Å². The molecule has 0 fully saturated rings. The van der Waals surface area contributed by atoms with Crippen LogP contribution in [0.5, 0.6) is 5.75 Å². The van der Waals surface area contributed by atoms with Crippen LogP contribution in [-0.4, -0.2) is 39.6 Å². The summed E-state index contributed by atoms with van der Waals surface area (Å²) in [5, 5.41) is 3.55. The summed E-state index contributed by atoms with van der Waals surface area (Å²) in [6.45, 7) is 3.25. The molecule has 1 N–H and O–H groups in total. The first-order chi connectivity index (χ1) is 19.3. The number of esters is 1. The zero-order chi connectivity index (χ0) is 28.1. The Bertz CT molecular complexity index is 1480. The first-order valence-corrected chi connectivity index (χ1v) is 15.8. The van der Waals surface area contributed by atoms with Gasteiger partial charge in [0, 0.05) is 18.0 Å². The Morgan fingerprint density at radius 2 is 1.85 bits per heavy atom. The molecular formula is C32H37NO6S. The second-order valence-electron chi connectivity index (χ2n) is 10.4. The van der Waals surface area contributed by atoms with Crippen molar-refractivity contribution < 1.29 is 27.4 Å². The monoisotopic (exact) mass is 563 g/mol. The molecule has 0 amide bonds. The van der Waals surface area contributed by atoms with E-state index in [2.05, 4.69) is 41.7 Å². The minimum atomic E-state index is -2.97. The Hall–Kier alpha value is -3.36. The molecule has 0 saturated carbocycles. The Morgan fingerprint density at radius 1 is 1.00 bits per heavy atom.